The average Bonchev–Trinajstić information content (AvgIpc) is 2.91. The van der Waals surface area contributed by atoms with Gasteiger partial charge in [-0.15, -0.1) is 0 Å². The molecule has 4 rings (SSSR count). The zero-order valence-electron chi connectivity index (χ0n) is 21.7. The third kappa shape index (κ3) is 9.51. The van der Waals surface area contributed by atoms with Gasteiger partial charge in [-0.1, -0.05) is 98.8 Å². The van der Waals surface area contributed by atoms with Crippen LogP contribution >= 0.6 is 0 Å². The third-order valence-electron chi connectivity index (χ3n) is 6.00. The van der Waals surface area contributed by atoms with E-state index in [2.05, 4.69) is 91.9 Å². The van der Waals surface area contributed by atoms with E-state index < -0.39 is 10.1 Å². The Kier molecular flexibility index (Phi) is 11.5. The quantitative estimate of drug-likeness (QED) is 0.117. The van der Waals surface area contributed by atoms with Gasteiger partial charge in [0.1, 0.15) is 10.1 Å². The zero-order valence-corrected chi connectivity index (χ0v) is 23.3. The maximum absolute atomic E-state index is 10.4. The summed E-state index contributed by atoms with van der Waals surface area (Å²) in [7, 11) is -4.30. The van der Waals surface area contributed by atoms with E-state index in [1.165, 1.54) is 70.9 Å². The molecule has 0 saturated carbocycles. The summed E-state index contributed by atoms with van der Waals surface area (Å²) >= 11 is 0. The average molecular weight is 533 g/mol. The van der Waals surface area contributed by atoms with Crippen molar-refractivity contribution in [1.29, 1.82) is 0 Å². The molecule has 37 heavy (non-hydrogen) atoms. The minimum Gasteiger partial charge on any atom is -0.744 e. The molecular weight excluding hydrogens is 496 g/mol. The number of rotatable bonds is 10. The van der Waals surface area contributed by atoms with Crippen molar-refractivity contribution < 1.29 is 13.0 Å². The smallest absolute Gasteiger partial charge is 0.166 e. The molecular formula is C32H36O3S2. The van der Waals surface area contributed by atoms with E-state index in [4.69, 9.17) is 0 Å². The second kappa shape index (κ2) is 14.8. The number of aryl methyl sites for hydroxylation is 2. The molecule has 0 spiro atoms. The molecule has 0 N–H and O–H groups in total. The Hall–Kier alpha value is -2.86. The van der Waals surface area contributed by atoms with Gasteiger partial charge in [0.25, 0.3) is 0 Å². The van der Waals surface area contributed by atoms with Crippen LogP contribution in [0.15, 0.2) is 129 Å². The molecule has 0 radical (unpaired) electrons. The lowest BCUT2D eigenvalue weighted by Gasteiger charge is -2.09. The first-order valence-corrected chi connectivity index (χ1v) is 15.5. The predicted octanol–water partition coefficient (Wildman–Crippen LogP) is 8.19. The van der Waals surface area contributed by atoms with Gasteiger partial charge in [0.2, 0.25) is 0 Å². The molecule has 5 heteroatoms. The molecule has 0 heterocycles. The molecule has 4 aromatic carbocycles. The highest BCUT2D eigenvalue weighted by molar-refractivity contribution is 7.97. The fraction of sp³-hybridized carbons (Fsp3) is 0.250. The van der Waals surface area contributed by atoms with Crippen LogP contribution in [0.5, 0.6) is 0 Å². The Bertz CT molecular complexity index is 1250. The molecule has 0 bridgehead atoms. The second-order valence-corrected chi connectivity index (χ2v) is 12.4. The predicted molar refractivity (Wildman–Crippen MR) is 153 cm³/mol. The van der Waals surface area contributed by atoms with Gasteiger partial charge in [-0.2, -0.15) is 0 Å². The van der Waals surface area contributed by atoms with E-state index in [1.54, 1.807) is 12.1 Å². The molecule has 0 aliphatic carbocycles. The van der Waals surface area contributed by atoms with Crippen LogP contribution < -0.4 is 0 Å². The van der Waals surface area contributed by atoms with Crippen LogP contribution in [0.4, 0.5) is 0 Å². The molecule has 0 aliphatic heterocycles. The molecule has 3 nitrogen and oxygen atoms in total. The summed E-state index contributed by atoms with van der Waals surface area (Å²) in [5, 5.41) is 0. The summed E-state index contributed by atoms with van der Waals surface area (Å²) in [5.74, 6) is 0. The summed E-state index contributed by atoms with van der Waals surface area (Å²) in [6.07, 6.45) is 7.93. The monoisotopic (exact) mass is 532 g/mol. The fourth-order valence-electron chi connectivity index (χ4n) is 3.95. The first kappa shape index (κ1) is 28.7. The van der Waals surface area contributed by atoms with Gasteiger partial charge in [0.05, 0.1) is 15.8 Å². The summed E-state index contributed by atoms with van der Waals surface area (Å²) in [6, 6.07) is 36.9. The summed E-state index contributed by atoms with van der Waals surface area (Å²) in [4.78, 5) is 3.98. The Morgan fingerprint density at radius 2 is 1.11 bits per heavy atom. The lowest BCUT2D eigenvalue weighted by Crippen LogP contribution is -2.04. The van der Waals surface area contributed by atoms with E-state index in [0.29, 0.717) is 0 Å². The minimum atomic E-state index is -4.27. The second-order valence-electron chi connectivity index (χ2n) is 9.01. The van der Waals surface area contributed by atoms with Gasteiger partial charge >= 0.3 is 0 Å². The first-order chi connectivity index (χ1) is 17.9. The molecule has 0 unspecified atom stereocenters. The Labute approximate surface area is 225 Å². The molecule has 0 fully saturated rings. The van der Waals surface area contributed by atoms with E-state index in [0.717, 1.165) is 5.56 Å². The van der Waals surface area contributed by atoms with Gasteiger partial charge in [-0.3, -0.25) is 0 Å². The van der Waals surface area contributed by atoms with Crippen LogP contribution in [0.2, 0.25) is 0 Å². The van der Waals surface area contributed by atoms with E-state index in [9.17, 15) is 13.0 Å². The van der Waals surface area contributed by atoms with Crippen molar-refractivity contribution in [1.82, 2.24) is 0 Å². The van der Waals surface area contributed by atoms with Crippen molar-refractivity contribution >= 4 is 21.0 Å². The lowest BCUT2D eigenvalue weighted by molar-refractivity contribution is 0.463. The SMILES string of the molecule is CCCCCCCc1ccc([S+](c2ccccc2)c2ccccc2)cc1.Cc1ccc(S(=O)(=O)[O-])cc1. The molecule has 4 aromatic rings. The van der Waals surface area contributed by atoms with Crippen molar-refractivity contribution in [2.75, 3.05) is 0 Å². The van der Waals surface area contributed by atoms with Gasteiger partial charge in [0, 0.05) is 0 Å². The summed E-state index contributed by atoms with van der Waals surface area (Å²) < 4.78 is 31.2. The maximum Gasteiger partial charge on any atom is 0.166 e. The largest absolute Gasteiger partial charge is 0.744 e. The van der Waals surface area contributed by atoms with Crippen molar-refractivity contribution in [3.8, 4) is 0 Å². The molecule has 194 valence electrons. The summed E-state index contributed by atoms with van der Waals surface area (Å²) in [5.41, 5.74) is 2.40. The van der Waals surface area contributed by atoms with Crippen LogP contribution in [-0.2, 0) is 27.4 Å². The van der Waals surface area contributed by atoms with Gasteiger partial charge < -0.3 is 4.55 Å². The normalized spacial score (nSPS) is 11.1. The number of hydrogen-bond acceptors (Lipinski definition) is 3. The van der Waals surface area contributed by atoms with E-state index in [-0.39, 0.29) is 15.8 Å². The number of unbranched alkanes of at least 4 members (excludes halogenated alkanes) is 4. The Morgan fingerprint density at radius 3 is 1.59 bits per heavy atom. The molecule has 0 atom stereocenters. The highest BCUT2D eigenvalue weighted by Gasteiger charge is 2.27. The summed E-state index contributed by atoms with van der Waals surface area (Å²) in [6.45, 7) is 4.09. The fourth-order valence-corrected chi connectivity index (χ4v) is 6.50. The molecule has 0 amide bonds. The van der Waals surface area contributed by atoms with Crippen molar-refractivity contribution in [2.24, 2.45) is 0 Å². The van der Waals surface area contributed by atoms with Crippen LogP contribution in [0.25, 0.3) is 0 Å². The standard InChI is InChI=1S/C25H29S.C7H8O3S/c1-2-3-4-5-8-13-22-18-20-25(21-19-22)26(23-14-9-6-10-15-23)24-16-11-7-12-17-24;1-6-2-4-7(5-3-6)11(8,9)10/h6-7,9-12,14-21H,2-5,8,13H2,1H3;2-5H,1H3,(H,8,9,10)/q+1;/p-1. The lowest BCUT2D eigenvalue weighted by atomic mass is 10.1. The van der Waals surface area contributed by atoms with Crippen LogP contribution in [0.3, 0.4) is 0 Å². The van der Waals surface area contributed by atoms with Crippen molar-refractivity contribution in [3.63, 3.8) is 0 Å². The third-order valence-corrected chi connectivity index (χ3v) is 9.08. The maximum atomic E-state index is 10.4. The van der Waals surface area contributed by atoms with Gasteiger partial charge in [-0.05, 0) is 73.9 Å². The van der Waals surface area contributed by atoms with Crippen LogP contribution in [0.1, 0.15) is 50.2 Å². The van der Waals surface area contributed by atoms with E-state index in [1.807, 2.05) is 6.92 Å². The van der Waals surface area contributed by atoms with Gasteiger partial charge in [-0.25, -0.2) is 8.42 Å². The highest BCUT2D eigenvalue weighted by Crippen LogP contribution is 2.31. The Balaban J connectivity index is 0.000000289. The first-order valence-electron chi connectivity index (χ1n) is 12.8. The van der Waals surface area contributed by atoms with E-state index >= 15 is 0 Å². The molecule has 0 aromatic heterocycles. The molecule has 0 saturated heterocycles. The van der Waals surface area contributed by atoms with Crippen molar-refractivity contribution in [3.05, 3.63) is 120 Å². The topological polar surface area (TPSA) is 57.2 Å². The number of hydrogen-bond donors (Lipinski definition) is 0. The number of benzene rings is 4. The van der Waals surface area contributed by atoms with Crippen LogP contribution in [0, 0.1) is 6.92 Å². The van der Waals surface area contributed by atoms with Crippen LogP contribution in [-0.4, -0.2) is 13.0 Å². The zero-order chi connectivity index (χ0) is 26.5. The van der Waals surface area contributed by atoms with Crippen molar-refractivity contribution in [2.45, 2.75) is 72.0 Å². The highest BCUT2D eigenvalue weighted by atomic mass is 32.2. The molecule has 0 aliphatic rings. The Morgan fingerprint density at radius 1 is 0.622 bits per heavy atom. The van der Waals surface area contributed by atoms with Gasteiger partial charge in [0.15, 0.2) is 14.7 Å². The minimum absolute atomic E-state index is 0.0329.